The second-order valence-corrected chi connectivity index (χ2v) is 8.85. The number of aromatic hydroxyl groups is 1. The molecule has 25 heavy (non-hydrogen) atoms. The second kappa shape index (κ2) is 6.80. The lowest BCUT2D eigenvalue weighted by Gasteiger charge is -2.25. The Morgan fingerprint density at radius 3 is 2.16 bits per heavy atom. The highest BCUT2D eigenvalue weighted by molar-refractivity contribution is 5.73. The van der Waals surface area contributed by atoms with Crippen LogP contribution in [0.5, 0.6) is 5.75 Å². The minimum absolute atomic E-state index is 0.0448. The van der Waals surface area contributed by atoms with E-state index in [0.29, 0.717) is 12.1 Å². The molecule has 0 aromatic heterocycles. The van der Waals surface area contributed by atoms with Gasteiger partial charge in [0, 0.05) is 23.2 Å². The SMILES string of the molecule is Cc1cc(-c2cc(C(C)(C)C)cc(CNC(C)(C)C)c2O)ccc1F. The van der Waals surface area contributed by atoms with Gasteiger partial charge in [-0.2, -0.15) is 0 Å². The van der Waals surface area contributed by atoms with E-state index in [0.717, 1.165) is 22.3 Å². The molecule has 3 heteroatoms. The van der Waals surface area contributed by atoms with Crippen molar-refractivity contribution in [1.82, 2.24) is 5.32 Å². The highest BCUT2D eigenvalue weighted by Gasteiger charge is 2.20. The van der Waals surface area contributed by atoms with Gasteiger partial charge >= 0.3 is 0 Å². The molecule has 0 saturated heterocycles. The molecule has 0 amide bonds. The third kappa shape index (κ3) is 4.82. The predicted octanol–water partition coefficient (Wildman–Crippen LogP) is 5.69. The average molecular weight is 343 g/mol. The van der Waals surface area contributed by atoms with Crippen molar-refractivity contribution in [2.75, 3.05) is 0 Å². The Balaban J connectivity index is 2.59. The molecule has 0 aliphatic heterocycles. The first-order valence-corrected chi connectivity index (χ1v) is 8.76. The zero-order valence-electron chi connectivity index (χ0n) is 16.4. The number of halogens is 1. The van der Waals surface area contributed by atoms with Gasteiger partial charge in [0.25, 0.3) is 0 Å². The highest BCUT2D eigenvalue weighted by Crippen LogP contribution is 2.38. The molecule has 0 fully saturated rings. The third-order valence-electron chi connectivity index (χ3n) is 4.33. The van der Waals surface area contributed by atoms with E-state index >= 15 is 0 Å². The fraction of sp³-hybridized carbons (Fsp3) is 0.455. The predicted molar refractivity (Wildman–Crippen MR) is 104 cm³/mol. The van der Waals surface area contributed by atoms with E-state index in [4.69, 9.17) is 0 Å². The van der Waals surface area contributed by atoms with Gasteiger partial charge in [0.15, 0.2) is 0 Å². The second-order valence-electron chi connectivity index (χ2n) is 8.85. The number of benzene rings is 2. The zero-order chi connectivity index (χ0) is 19.0. The van der Waals surface area contributed by atoms with Gasteiger partial charge in [0.05, 0.1) is 0 Å². The van der Waals surface area contributed by atoms with Crippen LogP contribution in [0.4, 0.5) is 4.39 Å². The number of hydrogen-bond donors (Lipinski definition) is 2. The van der Waals surface area contributed by atoms with Crippen LogP contribution in [0.2, 0.25) is 0 Å². The first-order valence-electron chi connectivity index (χ1n) is 8.76. The normalized spacial score (nSPS) is 12.5. The molecule has 0 bridgehead atoms. The summed E-state index contributed by atoms with van der Waals surface area (Å²) >= 11 is 0. The smallest absolute Gasteiger partial charge is 0.127 e. The van der Waals surface area contributed by atoms with E-state index in [-0.39, 0.29) is 22.5 Å². The van der Waals surface area contributed by atoms with Gasteiger partial charge in [-0.3, -0.25) is 0 Å². The van der Waals surface area contributed by atoms with Gasteiger partial charge in [-0.1, -0.05) is 32.9 Å². The van der Waals surface area contributed by atoms with E-state index in [1.54, 1.807) is 19.1 Å². The van der Waals surface area contributed by atoms with Crippen LogP contribution in [0.25, 0.3) is 11.1 Å². The van der Waals surface area contributed by atoms with Crippen LogP contribution >= 0.6 is 0 Å². The quantitative estimate of drug-likeness (QED) is 0.750. The summed E-state index contributed by atoms with van der Waals surface area (Å²) < 4.78 is 13.6. The van der Waals surface area contributed by atoms with Crippen molar-refractivity contribution in [2.24, 2.45) is 0 Å². The standard InChI is InChI=1S/C22H30FNO/c1-14-10-15(8-9-19(14)23)18-12-17(21(2,3)4)11-16(20(18)25)13-24-22(5,6)7/h8-12,24-25H,13H2,1-7H3. The Morgan fingerprint density at radius 1 is 1.00 bits per heavy atom. The van der Waals surface area contributed by atoms with E-state index in [2.05, 4.69) is 52.9 Å². The number of phenolic OH excluding ortho intramolecular Hbond substituents is 1. The van der Waals surface area contributed by atoms with E-state index in [1.165, 1.54) is 6.07 Å². The molecule has 0 unspecified atom stereocenters. The van der Waals surface area contributed by atoms with Crippen molar-refractivity contribution >= 4 is 0 Å². The first kappa shape index (κ1) is 19.5. The van der Waals surface area contributed by atoms with Gasteiger partial charge in [-0.15, -0.1) is 0 Å². The molecule has 0 aliphatic carbocycles. The highest BCUT2D eigenvalue weighted by atomic mass is 19.1. The summed E-state index contributed by atoms with van der Waals surface area (Å²) in [6.07, 6.45) is 0. The Hall–Kier alpha value is -1.87. The molecule has 0 saturated carbocycles. The maximum Gasteiger partial charge on any atom is 0.127 e. The number of phenols is 1. The summed E-state index contributed by atoms with van der Waals surface area (Å²) in [5.74, 6) is 0.0283. The Kier molecular flexibility index (Phi) is 5.29. The van der Waals surface area contributed by atoms with E-state index < -0.39 is 0 Å². The molecule has 2 N–H and O–H groups in total. The molecule has 2 aromatic carbocycles. The third-order valence-corrected chi connectivity index (χ3v) is 4.33. The molecule has 2 rings (SSSR count). The molecule has 136 valence electrons. The van der Waals surface area contributed by atoms with Gasteiger partial charge in [-0.25, -0.2) is 4.39 Å². The topological polar surface area (TPSA) is 32.3 Å². The molecule has 0 spiro atoms. The van der Waals surface area contributed by atoms with Crippen molar-refractivity contribution in [3.8, 4) is 16.9 Å². The van der Waals surface area contributed by atoms with Crippen molar-refractivity contribution in [3.05, 3.63) is 52.8 Å². The van der Waals surface area contributed by atoms with Crippen LogP contribution in [0, 0.1) is 12.7 Å². The molecule has 0 atom stereocenters. The van der Waals surface area contributed by atoms with Crippen LogP contribution in [-0.2, 0) is 12.0 Å². The number of nitrogens with one attached hydrogen (secondary N) is 1. The summed E-state index contributed by atoms with van der Waals surface area (Å²) in [6, 6.07) is 9.06. The number of aryl methyl sites for hydroxylation is 1. The maximum absolute atomic E-state index is 13.6. The molecular formula is C22H30FNO. The molecular weight excluding hydrogens is 313 g/mol. The van der Waals surface area contributed by atoms with Crippen LogP contribution < -0.4 is 5.32 Å². The van der Waals surface area contributed by atoms with Gasteiger partial charge < -0.3 is 10.4 Å². The molecule has 0 heterocycles. The Bertz CT molecular complexity index is 767. The summed E-state index contributed by atoms with van der Waals surface area (Å²) in [4.78, 5) is 0. The molecule has 0 radical (unpaired) electrons. The fourth-order valence-corrected chi connectivity index (χ4v) is 2.66. The maximum atomic E-state index is 13.6. The van der Waals surface area contributed by atoms with Crippen LogP contribution in [-0.4, -0.2) is 10.6 Å². The first-order chi connectivity index (χ1) is 11.4. The van der Waals surface area contributed by atoms with Crippen LogP contribution in [0.1, 0.15) is 58.2 Å². The van der Waals surface area contributed by atoms with E-state index in [1.807, 2.05) is 6.07 Å². The lowest BCUT2D eigenvalue weighted by atomic mass is 9.83. The summed E-state index contributed by atoms with van der Waals surface area (Å²) in [7, 11) is 0. The summed E-state index contributed by atoms with van der Waals surface area (Å²) in [5.41, 5.74) is 4.07. The molecule has 0 aliphatic rings. The average Bonchev–Trinajstić information content (AvgIpc) is 2.47. The van der Waals surface area contributed by atoms with Gasteiger partial charge in [0.1, 0.15) is 11.6 Å². The van der Waals surface area contributed by atoms with Gasteiger partial charge in [-0.05, 0) is 68.0 Å². The van der Waals surface area contributed by atoms with Crippen LogP contribution in [0.15, 0.2) is 30.3 Å². The Morgan fingerprint density at radius 2 is 1.64 bits per heavy atom. The minimum atomic E-state index is -0.232. The van der Waals surface area contributed by atoms with Crippen molar-refractivity contribution in [3.63, 3.8) is 0 Å². The lowest BCUT2D eigenvalue weighted by Crippen LogP contribution is -2.35. The number of rotatable bonds is 3. The molecule has 2 aromatic rings. The minimum Gasteiger partial charge on any atom is -0.507 e. The van der Waals surface area contributed by atoms with Crippen molar-refractivity contribution in [2.45, 2.75) is 66.0 Å². The van der Waals surface area contributed by atoms with Crippen molar-refractivity contribution in [1.29, 1.82) is 0 Å². The number of hydrogen-bond acceptors (Lipinski definition) is 2. The van der Waals surface area contributed by atoms with E-state index in [9.17, 15) is 9.50 Å². The van der Waals surface area contributed by atoms with Gasteiger partial charge in [0.2, 0.25) is 0 Å². The zero-order valence-corrected chi connectivity index (χ0v) is 16.4. The fourth-order valence-electron chi connectivity index (χ4n) is 2.66. The summed E-state index contributed by atoms with van der Waals surface area (Å²) in [5, 5.41) is 14.3. The molecule has 2 nitrogen and oxygen atoms in total. The monoisotopic (exact) mass is 343 g/mol. The van der Waals surface area contributed by atoms with Crippen molar-refractivity contribution < 1.29 is 9.50 Å². The summed E-state index contributed by atoms with van der Waals surface area (Å²) in [6.45, 7) is 15.1. The largest absolute Gasteiger partial charge is 0.507 e. The lowest BCUT2D eigenvalue weighted by molar-refractivity contribution is 0.411. The Labute approximate surface area is 151 Å². The van der Waals surface area contributed by atoms with Crippen LogP contribution in [0.3, 0.4) is 0 Å².